The minimum atomic E-state index is -0.0136. The van der Waals surface area contributed by atoms with Crippen molar-refractivity contribution in [1.29, 1.82) is 0 Å². The molecule has 1 saturated heterocycles. The molecule has 4 aromatic heterocycles. The largest absolute Gasteiger partial charge is 0.337 e. The van der Waals surface area contributed by atoms with Gasteiger partial charge in [-0.15, -0.1) is 11.3 Å². The van der Waals surface area contributed by atoms with Crippen LogP contribution in [-0.2, 0) is 0 Å². The third kappa shape index (κ3) is 4.23. The van der Waals surface area contributed by atoms with E-state index in [1.807, 2.05) is 66.0 Å². The maximum atomic E-state index is 13.2. The number of carbonyl (C=O) groups is 1. The predicted molar refractivity (Wildman–Crippen MR) is 127 cm³/mol. The summed E-state index contributed by atoms with van der Waals surface area (Å²) in [4.78, 5) is 29.0. The van der Waals surface area contributed by atoms with Gasteiger partial charge in [-0.2, -0.15) is 0 Å². The van der Waals surface area contributed by atoms with Crippen LogP contribution in [0.4, 0.5) is 10.8 Å². The number of nitrogens with one attached hydrogen (secondary N) is 1. The van der Waals surface area contributed by atoms with Crippen molar-refractivity contribution in [3.63, 3.8) is 0 Å². The van der Waals surface area contributed by atoms with E-state index < -0.39 is 0 Å². The van der Waals surface area contributed by atoms with E-state index in [2.05, 4.69) is 21.4 Å². The molecular formula is C24H26N6OS. The number of rotatable bonds is 4. The lowest BCUT2D eigenvalue weighted by Gasteiger charge is -2.32. The summed E-state index contributed by atoms with van der Waals surface area (Å²) in [6, 6.07) is 8.13. The highest BCUT2D eigenvalue weighted by molar-refractivity contribution is 7.13. The van der Waals surface area contributed by atoms with Gasteiger partial charge in [0.15, 0.2) is 5.13 Å². The minimum absolute atomic E-state index is 0.0136. The fourth-order valence-electron chi connectivity index (χ4n) is 4.26. The van der Waals surface area contributed by atoms with Gasteiger partial charge in [0.25, 0.3) is 5.91 Å². The smallest absolute Gasteiger partial charge is 0.274 e. The zero-order valence-electron chi connectivity index (χ0n) is 18.5. The van der Waals surface area contributed by atoms with Crippen molar-refractivity contribution in [1.82, 2.24) is 24.3 Å². The molecule has 0 radical (unpaired) electrons. The Kier molecular flexibility index (Phi) is 5.38. The Bertz CT molecular complexity index is 1290. The molecule has 5 rings (SSSR count). The summed E-state index contributed by atoms with van der Waals surface area (Å²) in [6.45, 7) is 7.42. The molecular weight excluding hydrogens is 420 g/mol. The Hall–Kier alpha value is -3.26. The summed E-state index contributed by atoms with van der Waals surface area (Å²) < 4.78 is 1.90. The van der Waals surface area contributed by atoms with Gasteiger partial charge < -0.3 is 14.6 Å². The van der Waals surface area contributed by atoms with Crippen LogP contribution >= 0.6 is 11.3 Å². The first-order valence-corrected chi connectivity index (χ1v) is 11.7. The third-order valence-electron chi connectivity index (χ3n) is 5.81. The SMILES string of the molecule is Cc1ccn2cc(C(=O)N3CCC[C@H](c4cc(Nc5nc(C)cs5)cc(C)n4)C3)nc2c1. The average molecular weight is 447 g/mol. The van der Waals surface area contributed by atoms with Crippen LogP contribution in [0, 0.1) is 20.8 Å². The zero-order valence-corrected chi connectivity index (χ0v) is 19.3. The van der Waals surface area contributed by atoms with Gasteiger partial charge in [0, 0.05) is 53.9 Å². The second kappa shape index (κ2) is 8.35. The van der Waals surface area contributed by atoms with Crippen molar-refractivity contribution < 1.29 is 4.79 Å². The van der Waals surface area contributed by atoms with Crippen LogP contribution in [-0.4, -0.2) is 43.2 Å². The number of imidazole rings is 1. The van der Waals surface area contributed by atoms with Crippen LogP contribution in [0.1, 0.15) is 51.9 Å². The van der Waals surface area contributed by atoms with Gasteiger partial charge in [0.2, 0.25) is 0 Å². The fourth-order valence-corrected chi connectivity index (χ4v) is 4.97. The second-order valence-electron chi connectivity index (χ2n) is 8.53. The molecule has 5 heterocycles. The lowest BCUT2D eigenvalue weighted by molar-refractivity contribution is 0.0700. The molecule has 0 unspecified atom stereocenters. The predicted octanol–water partition coefficient (Wildman–Crippen LogP) is 4.87. The number of nitrogens with zero attached hydrogens (tertiary/aromatic N) is 5. The minimum Gasteiger partial charge on any atom is -0.337 e. The second-order valence-corrected chi connectivity index (χ2v) is 9.39. The molecule has 0 aliphatic carbocycles. The number of amides is 1. The molecule has 164 valence electrons. The number of fused-ring (bicyclic) bond motifs is 1. The molecule has 0 spiro atoms. The maximum Gasteiger partial charge on any atom is 0.274 e. The first-order valence-electron chi connectivity index (χ1n) is 10.9. The number of likely N-dealkylation sites (tertiary alicyclic amines) is 1. The highest BCUT2D eigenvalue weighted by Gasteiger charge is 2.28. The summed E-state index contributed by atoms with van der Waals surface area (Å²) in [5.41, 5.74) is 6.39. The summed E-state index contributed by atoms with van der Waals surface area (Å²) in [5, 5.41) is 6.31. The summed E-state index contributed by atoms with van der Waals surface area (Å²) in [5.74, 6) is 0.186. The Morgan fingerprint density at radius 1 is 1.12 bits per heavy atom. The number of anilines is 2. The highest BCUT2D eigenvalue weighted by atomic mass is 32.1. The maximum absolute atomic E-state index is 13.2. The number of aromatic nitrogens is 4. The van der Waals surface area contributed by atoms with Crippen LogP contribution in [0.5, 0.6) is 0 Å². The summed E-state index contributed by atoms with van der Waals surface area (Å²) >= 11 is 1.59. The Balaban J connectivity index is 1.35. The molecule has 1 N–H and O–H groups in total. The highest BCUT2D eigenvalue weighted by Crippen LogP contribution is 2.30. The van der Waals surface area contributed by atoms with Crippen LogP contribution in [0.25, 0.3) is 5.65 Å². The third-order valence-corrected chi connectivity index (χ3v) is 6.68. The van der Waals surface area contributed by atoms with E-state index in [0.29, 0.717) is 12.2 Å². The van der Waals surface area contributed by atoms with E-state index >= 15 is 0 Å². The van der Waals surface area contributed by atoms with Gasteiger partial charge >= 0.3 is 0 Å². The molecule has 7 nitrogen and oxygen atoms in total. The van der Waals surface area contributed by atoms with E-state index in [9.17, 15) is 4.79 Å². The van der Waals surface area contributed by atoms with Crippen molar-refractivity contribution in [3.8, 4) is 0 Å². The normalized spacial score (nSPS) is 16.5. The molecule has 8 heteroatoms. The number of piperidine rings is 1. The standard InChI is InChI=1S/C24H26N6OS/c1-15-6-8-29-13-21(28-22(29)9-15)23(31)30-7-4-5-18(12-30)20-11-19(10-16(2)25-20)27-24-26-17(3)14-32-24/h6,8-11,13-14,18H,4-5,7,12H2,1-3H3,(H,25,26,27)/t18-/m0/s1. The van der Waals surface area contributed by atoms with E-state index in [-0.39, 0.29) is 11.8 Å². The lowest BCUT2D eigenvalue weighted by Crippen LogP contribution is -2.39. The molecule has 1 aliphatic rings. The van der Waals surface area contributed by atoms with Gasteiger partial charge in [0.05, 0.1) is 5.69 Å². The summed E-state index contributed by atoms with van der Waals surface area (Å²) in [6.07, 6.45) is 5.74. The quantitative estimate of drug-likeness (QED) is 0.484. The van der Waals surface area contributed by atoms with Crippen LogP contribution < -0.4 is 5.32 Å². The Morgan fingerprint density at radius 2 is 2.00 bits per heavy atom. The molecule has 1 amide bonds. The van der Waals surface area contributed by atoms with Crippen LogP contribution in [0.3, 0.4) is 0 Å². The number of carbonyl (C=O) groups excluding carboxylic acids is 1. The first kappa shape index (κ1) is 20.6. The number of pyridine rings is 2. The van der Waals surface area contributed by atoms with Crippen molar-refractivity contribution in [2.45, 2.75) is 39.5 Å². The van der Waals surface area contributed by atoms with Gasteiger partial charge in [0.1, 0.15) is 11.3 Å². The van der Waals surface area contributed by atoms with Gasteiger partial charge in [-0.05, 0) is 63.4 Å². The number of hydrogen-bond donors (Lipinski definition) is 1. The van der Waals surface area contributed by atoms with Crippen molar-refractivity contribution in [2.75, 3.05) is 18.4 Å². The number of hydrogen-bond acceptors (Lipinski definition) is 6. The van der Waals surface area contributed by atoms with E-state index in [0.717, 1.165) is 58.5 Å². The van der Waals surface area contributed by atoms with E-state index in [1.54, 1.807) is 11.3 Å². The van der Waals surface area contributed by atoms with Gasteiger partial charge in [-0.3, -0.25) is 9.78 Å². The summed E-state index contributed by atoms with van der Waals surface area (Å²) in [7, 11) is 0. The van der Waals surface area contributed by atoms with Gasteiger partial charge in [-0.1, -0.05) is 0 Å². The molecule has 0 bridgehead atoms. The Labute approximate surface area is 191 Å². The number of aryl methyl sites for hydroxylation is 3. The lowest BCUT2D eigenvalue weighted by atomic mass is 9.93. The molecule has 0 saturated carbocycles. The zero-order chi connectivity index (χ0) is 22.2. The average Bonchev–Trinajstić information content (AvgIpc) is 3.38. The van der Waals surface area contributed by atoms with Crippen molar-refractivity contribution >= 4 is 33.7 Å². The van der Waals surface area contributed by atoms with E-state index in [4.69, 9.17) is 4.98 Å². The topological polar surface area (TPSA) is 75.4 Å². The van der Waals surface area contributed by atoms with Gasteiger partial charge in [-0.25, -0.2) is 9.97 Å². The van der Waals surface area contributed by atoms with Crippen molar-refractivity contribution in [2.24, 2.45) is 0 Å². The van der Waals surface area contributed by atoms with E-state index in [1.165, 1.54) is 0 Å². The Morgan fingerprint density at radius 3 is 2.81 bits per heavy atom. The van der Waals surface area contributed by atoms with Crippen LogP contribution in [0.2, 0.25) is 0 Å². The fraction of sp³-hybridized carbons (Fsp3) is 0.333. The first-order chi connectivity index (χ1) is 15.4. The molecule has 0 aromatic carbocycles. The molecule has 1 aliphatic heterocycles. The number of thiazole rings is 1. The molecule has 4 aromatic rings. The van der Waals surface area contributed by atoms with Crippen LogP contribution in [0.15, 0.2) is 42.0 Å². The molecule has 32 heavy (non-hydrogen) atoms. The molecule has 1 atom stereocenters. The monoisotopic (exact) mass is 446 g/mol. The van der Waals surface area contributed by atoms with Crippen molar-refractivity contribution in [3.05, 3.63) is 70.4 Å². The molecule has 1 fully saturated rings.